The first-order valence-electron chi connectivity index (χ1n) is 9.97. The van der Waals surface area contributed by atoms with Crippen LogP contribution >= 0.6 is 23.2 Å². The van der Waals surface area contributed by atoms with Gasteiger partial charge in [-0.1, -0.05) is 44.0 Å². The smallest absolute Gasteiger partial charge is 0.325 e. The molecule has 1 saturated heterocycles. The van der Waals surface area contributed by atoms with Crippen LogP contribution in [0.5, 0.6) is 0 Å². The highest BCUT2D eigenvalue weighted by atomic mass is 35.5. The number of anilines is 1. The molecule has 2 heterocycles. The van der Waals surface area contributed by atoms with Crippen LogP contribution in [0.2, 0.25) is 10.0 Å². The summed E-state index contributed by atoms with van der Waals surface area (Å²) in [5, 5.41) is 9.37. The fourth-order valence-corrected chi connectivity index (χ4v) is 5.22. The molecular formula is C20H27Cl2N5O3. The van der Waals surface area contributed by atoms with E-state index in [1.165, 1.54) is 6.20 Å². The standard InChI is InChI=1S/C20H27Cl2N5O3/c1-12-7-19(2,3)11-20(8-12)17(29)27(18(30)26-20)10-15(28)23-4-5-24-16-14(22)6-13(21)9-25-16/h6,9,12H,4-5,7-8,10-11H2,1-3H3,(H,23,28)(H,24,25)(H,26,30). The number of hydrogen-bond donors (Lipinski definition) is 3. The number of aromatic nitrogens is 1. The first-order chi connectivity index (χ1) is 14.0. The summed E-state index contributed by atoms with van der Waals surface area (Å²) < 4.78 is 0. The number of nitrogens with one attached hydrogen (secondary N) is 3. The first-order valence-corrected chi connectivity index (χ1v) is 10.7. The van der Waals surface area contributed by atoms with Crippen LogP contribution in [0.25, 0.3) is 0 Å². The van der Waals surface area contributed by atoms with Gasteiger partial charge in [0.2, 0.25) is 5.91 Å². The molecule has 0 radical (unpaired) electrons. The van der Waals surface area contributed by atoms with Crippen LogP contribution in [0, 0.1) is 11.3 Å². The van der Waals surface area contributed by atoms with E-state index in [0.29, 0.717) is 41.2 Å². The predicted octanol–water partition coefficient (Wildman–Crippen LogP) is 3.05. The molecule has 2 aliphatic rings. The van der Waals surface area contributed by atoms with Crippen LogP contribution in [0.15, 0.2) is 12.3 Å². The Morgan fingerprint density at radius 1 is 1.30 bits per heavy atom. The maximum Gasteiger partial charge on any atom is 0.325 e. The summed E-state index contributed by atoms with van der Waals surface area (Å²) in [7, 11) is 0. The molecule has 2 unspecified atom stereocenters. The Hall–Kier alpha value is -2.06. The van der Waals surface area contributed by atoms with Crippen molar-refractivity contribution in [2.24, 2.45) is 11.3 Å². The molecule has 1 aliphatic heterocycles. The Bertz CT molecular complexity index is 863. The lowest BCUT2D eigenvalue weighted by Gasteiger charge is -2.43. The number of carbonyl (C=O) groups excluding carboxylic acids is 3. The average molecular weight is 456 g/mol. The van der Waals surface area contributed by atoms with E-state index >= 15 is 0 Å². The van der Waals surface area contributed by atoms with Gasteiger partial charge in [-0.3, -0.25) is 14.5 Å². The Kier molecular flexibility index (Phi) is 6.48. The SMILES string of the molecule is CC1CC(C)(C)CC2(C1)NC(=O)N(CC(=O)NCCNc1ncc(Cl)cc1Cl)C2=O. The van der Waals surface area contributed by atoms with Gasteiger partial charge in [0.15, 0.2) is 0 Å². The first kappa shape index (κ1) is 22.6. The zero-order valence-electron chi connectivity index (χ0n) is 17.3. The predicted molar refractivity (Wildman–Crippen MR) is 116 cm³/mol. The second-order valence-corrected chi connectivity index (χ2v) is 9.86. The molecular weight excluding hydrogens is 429 g/mol. The van der Waals surface area contributed by atoms with Gasteiger partial charge in [0.1, 0.15) is 17.9 Å². The van der Waals surface area contributed by atoms with Crippen LogP contribution in [0.1, 0.15) is 40.0 Å². The van der Waals surface area contributed by atoms with Crippen molar-refractivity contribution in [3.05, 3.63) is 22.3 Å². The minimum atomic E-state index is -0.906. The minimum absolute atomic E-state index is 0.0540. The third kappa shape index (κ3) is 4.98. The number of rotatable bonds is 6. The molecule has 30 heavy (non-hydrogen) atoms. The highest BCUT2D eigenvalue weighted by molar-refractivity contribution is 6.35. The van der Waals surface area contributed by atoms with Crippen molar-refractivity contribution >= 4 is 46.9 Å². The van der Waals surface area contributed by atoms with Gasteiger partial charge >= 0.3 is 6.03 Å². The molecule has 3 N–H and O–H groups in total. The van der Waals surface area contributed by atoms with E-state index in [1.807, 2.05) is 0 Å². The fourth-order valence-electron chi connectivity index (χ4n) is 4.78. The Labute approximate surface area is 186 Å². The summed E-state index contributed by atoms with van der Waals surface area (Å²) in [6.45, 7) is 6.64. The molecule has 0 bridgehead atoms. The van der Waals surface area contributed by atoms with Gasteiger partial charge in [-0.05, 0) is 36.7 Å². The molecule has 2 fully saturated rings. The highest BCUT2D eigenvalue weighted by Gasteiger charge is 2.56. The van der Waals surface area contributed by atoms with Crippen LogP contribution in [0.4, 0.5) is 10.6 Å². The maximum atomic E-state index is 13.1. The summed E-state index contributed by atoms with van der Waals surface area (Å²) in [5.74, 6) is 0.0553. The monoisotopic (exact) mass is 455 g/mol. The molecule has 1 aliphatic carbocycles. The van der Waals surface area contributed by atoms with Gasteiger partial charge in [-0.2, -0.15) is 0 Å². The highest BCUT2D eigenvalue weighted by Crippen LogP contribution is 2.46. The molecule has 10 heteroatoms. The topological polar surface area (TPSA) is 103 Å². The number of urea groups is 1. The minimum Gasteiger partial charge on any atom is -0.367 e. The third-order valence-electron chi connectivity index (χ3n) is 5.47. The van der Waals surface area contributed by atoms with E-state index in [4.69, 9.17) is 23.2 Å². The second-order valence-electron chi connectivity index (χ2n) is 9.02. The molecule has 1 aromatic rings. The Morgan fingerprint density at radius 3 is 2.70 bits per heavy atom. The van der Waals surface area contributed by atoms with Gasteiger partial charge in [0.25, 0.3) is 5.91 Å². The molecule has 1 spiro atoms. The molecule has 3 rings (SSSR count). The molecule has 8 nitrogen and oxygen atoms in total. The largest absolute Gasteiger partial charge is 0.367 e. The van der Waals surface area contributed by atoms with Crippen molar-refractivity contribution in [1.82, 2.24) is 20.5 Å². The lowest BCUT2D eigenvalue weighted by molar-refractivity contribution is -0.137. The normalized spacial score (nSPS) is 25.4. The molecule has 4 amide bonds. The maximum absolute atomic E-state index is 13.1. The summed E-state index contributed by atoms with van der Waals surface area (Å²) in [4.78, 5) is 42.9. The van der Waals surface area contributed by atoms with E-state index < -0.39 is 17.5 Å². The van der Waals surface area contributed by atoms with Gasteiger partial charge in [0.05, 0.1) is 10.0 Å². The van der Waals surface area contributed by atoms with Gasteiger partial charge in [-0.15, -0.1) is 0 Å². The summed E-state index contributed by atoms with van der Waals surface area (Å²) in [6.07, 6.45) is 3.64. The van der Waals surface area contributed by atoms with Crippen molar-refractivity contribution in [3.63, 3.8) is 0 Å². The molecule has 1 saturated carbocycles. The zero-order chi connectivity index (χ0) is 22.1. The van der Waals surface area contributed by atoms with Crippen molar-refractivity contribution in [1.29, 1.82) is 0 Å². The van der Waals surface area contributed by atoms with Gasteiger partial charge < -0.3 is 16.0 Å². The molecule has 1 aromatic heterocycles. The Balaban J connectivity index is 1.51. The number of pyridine rings is 1. The number of hydrogen-bond acceptors (Lipinski definition) is 5. The number of halogens is 2. The lowest BCUT2D eigenvalue weighted by Crippen LogP contribution is -2.54. The van der Waals surface area contributed by atoms with Crippen molar-refractivity contribution in [3.8, 4) is 0 Å². The van der Waals surface area contributed by atoms with E-state index in [1.54, 1.807) is 6.07 Å². The number of imide groups is 1. The van der Waals surface area contributed by atoms with Crippen LogP contribution in [-0.4, -0.2) is 52.9 Å². The molecule has 0 aromatic carbocycles. The van der Waals surface area contributed by atoms with Crippen molar-refractivity contribution in [2.45, 2.75) is 45.6 Å². The summed E-state index contributed by atoms with van der Waals surface area (Å²) in [5.41, 5.74) is -0.960. The van der Waals surface area contributed by atoms with Crippen molar-refractivity contribution < 1.29 is 14.4 Å². The molecule has 2 atom stereocenters. The zero-order valence-corrected chi connectivity index (χ0v) is 18.9. The number of carbonyl (C=O) groups is 3. The van der Waals surface area contributed by atoms with Gasteiger partial charge in [0, 0.05) is 19.3 Å². The quantitative estimate of drug-likeness (QED) is 0.451. The lowest BCUT2D eigenvalue weighted by atomic mass is 9.64. The molecule has 164 valence electrons. The van der Waals surface area contributed by atoms with E-state index in [-0.39, 0.29) is 24.4 Å². The van der Waals surface area contributed by atoms with Gasteiger partial charge in [-0.25, -0.2) is 9.78 Å². The fraction of sp³-hybridized carbons (Fsp3) is 0.600. The third-order valence-corrected chi connectivity index (χ3v) is 5.97. The summed E-state index contributed by atoms with van der Waals surface area (Å²) in [6, 6.07) is 1.06. The van der Waals surface area contributed by atoms with E-state index in [2.05, 4.69) is 41.7 Å². The number of amides is 4. The van der Waals surface area contributed by atoms with Crippen LogP contribution in [0.3, 0.4) is 0 Å². The van der Waals surface area contributed by atoms with E-state index in [0.717, 1.165) is 11.3 Å². The Morgan fingerprint density at radius 2 is 2.03 bits per heavy atom. The van der Waals surface area contributed by atoms with Crippen LogP contribution in [-0.2, 0) is 9.59 Å². The number of nitrogens with zero attached hydrogens (tertiary/aromatic N) is 2. The second kappa shape index (κ2) is 8.59. The van der Waals surface area contributed by atoms with Crippen molar-refractivity contribution in [2.75, 3.05) is 25.0 Å². The average Bonchev–Trinajstić information content (AvgIpc) is 2.82. The van der Waals surface area contributed by atoms with E-state index in [9.17, 15) is 14.4 Å². The summed E-state index contributed by atoms with van der Waals surface area (Å²) >= 11 is 11.8. The van der Waals surface area contributed by atoms with Crippen LogP contribution < -0.4 is 16.0 Å².